The molecule has 0 amide bonds. The normalized spacial score (nSPS) is 8.92. The van der Waals surface area contributed by atoms with Crippen LogP contribution in [0.4, 0.5) is 11.4 Å². The number of nitrogen functional groups attached to an aromatic ring is 1. The summed E-state index contributed by atoms with van der Waals surface area (Å²) in [6.07, 6.45) is 5.04. The van der Waals surface area contributed by atoms with Crippen LogP contribution in [0.15, 0.2) is 18.2 Å². The number of anilines is 1. The minimum atomic E-state index is -0.550. The van der Waals surface area contributed by atoms with Crippen LogP contribution in [0, 0.1) is 22.5 Å². The molecule has 1 rings (SSSR count). The second-order valence-corrected chi connectivity index (χ2v) is 2.18. The Morgan fingerprint density at radius 2 is 2.25 bits per heavy atom. The van der Waals surface area contributed by atoms with Crippen LogP contribution in [0.2, 0.25) is 0 Å². The van der Waals surface area contributed by atoms with Crippen molar-refractivity contribution in [3.8, 4) is 12.3 Å². The van der Waals surface area contributed by atoms with Gasteiger partial charge in [0.05, 0.1) is 4.92 Å². The standard InChI is InChI=1S/C8H6N2O2/c1-2-6-3-4-7(9)5-8(6)10(11)12/h1,3-5H,9H2. The fourth-order valence-electron chi connectivity index (χ4n) is 0.822. The minimum Gasteiger partial charge on any atom is -0.399 e. The Hall–Kier alpha value is -2.02. The third kappa shape index (κ3) is 1.35. The van der Waals surface area contributed by atoms with Gasteiger partial charge in [0.25, 0.3) is 5.69 Å². The van der Waals surface area contributed by atoms with Crippen molar-refractivity contribution in [2.75, 3.05) is 5.73 Å². The monoisotopic (exact) mass is 162 g/mol. The summed E-state index contributed by atoms with van der Waals surface area (Å²) in [5.41, 5.74) is 5.80. The number of nitro groups is 1. The number of hydrogen-bond donors (Lipinski definition) is 1. The van der Waals surface area contributed by atoms with Crippen molar-refractivity contribution in [1.29, 1.82) is 0 Å². The maximum absolute atomic E-state index is 10.4. The lowest BCUT2D eigenvalue weighted by Crippen LogP contribution is -1.94. The molecule has 0 aliphatic rings. The molecular weight excluding hydrogens is 156 g/mol. The third-order valence-corrected chi connectivity index (χ3v) is 1.37. The van der Waals surface area contributed by atoms with Gasteiger partial charge in [0, 0.05) is 11.8 Å². The summed E-state index contributed by atoms with van der Waals surface area (Å²) in [5.74, 6) is 2.21. The Labute approximate surface area is 69.2 Å². The molecule has 0 saturated heterocycles. The number of terminal acetylenes is 1. The molecule has 0 bridgehead atoms. The van der Waals surface area contributed by atoms with Crippen LogP contribution in [-0.2, 0) is 0 Å². The van der Waals surface area contributed by atoms with Crippen LogP contribution in [0.25, 0.3) is 0 Å². The van der Waals surface area contributed by atoms with E-state index in [9.17, 15) is 10.1 Å². The predicted molar refractivity (Wildman–Crippen MR) is 45.4 cm³/mol. The lowest BCUT2D eigenvalue weighted by atomic mass is 10.2. The van der Waals surface area contributed by atoms with E-state index in [0.29, 0.717) is 5.69 Å². The first-order chi connectivity index (χ1) is 5.65. The van der Waals surface area contributed by atoms with E-state index in [1.807, 2.05) is 0 Å². The summed E-state index contributed by atoms with van der Waals surface area (Å²) in [5, 5.41) is 10.4. The highest BCUT2D eigenvalue weighted by Gasteiger charge is 2.11. The Kier molecular flexibility index (Phi) is 1.97. The van der Waals surface area contributed by atoms with Crippen LogP contribution in [0.3, 0.4) is 0 Å². The van der Waals surface area contributed by atoms with Gasteiger partial charge in [-0.3, -0.25) is 10.1 Å². The van der Waals surface area contributed by atoms with E-state index >= 15 is 0 Å². The van der Waals surface area contributed by atoms with Gasteiger partial charge in [0.2, 0.25) is 0 Å². The average Bonchev–Trinajstić information content (AvgIpc) is 2.04. The molecule has 0 unspecified atom stereocenters. The molecule has 0 atom stereocenters. The summed E-state index contributed by atoms with van der Waals surface area (Å²) >= 11 is 0. The van der Waals surface area contributed by atoms with Gasteiger partial charge >= 0.3 is 0 Å². The van der Waals surface area contributed by atoms with Gasteiger partial charge in [0.1, 0.15) is 5.56 Å². The zero-order chi connectivity index (χ0) is 9.14. The molecule has 0 radical (unpaired) electrons. The SMILES string of the molecule is C#Cc1ccc(N)cc1[N+](=O)[O-]. The van der Waals surface area contributed by atoms with Crippen LogP contribution < -0.4 is 5.73 Å². The Balaban J connectivity index is 3.34. The number of rotatable bonds is 1. The number of nitrogens with zero attached hydrogens (tertiary/aromatic N) is 1. The lowest BCUT2D eigenvalue weighted by molar-refractivity contribution is -0.385. The second kappa shape index (κ2) is 2.93. The van der Waals surface area contributed by atoms with E-state index < -0.39 is 4.92 Å². The van der Waals surface area contributed by atoms with E-state index in [2.05, 4.69) is 5.92 Å². The molecule has 0 fully saturated rings. The van der Waals surface area contributed by atoms with E-state index in [-0.39, 0.29) is 11.3 Å². The molecule has 0 aromatic heterocycles. The maximum Gasteiger partial charge on any atom is 0.286 e. The molecule has 12 heavy (non-hydrogen) atoms. The van der Waals surface area contributed by atoms with Gasteiger partial charge in [-0.15, -0.1) is 6.42 Å². The number of nitrogens with two attached hydrogens (primary N) is 1. The second-order valence-electron chi connectivity index (χ2n) is 2.18. The van der Waals surface area contributed by atoms with Crippen molar-refractivity contribution in [1.82, 2.24) is 0 Å². The molecule has 1 aromatic carbocycles. The van der Waals surface area contributed by atoms with Crippen LogP contribution >= 0.6 is 0 Å². The van der Waals surface area contributed by atoms with Gasteiger partial charge in [0.15, 0.2) is 0 Å². The Morgan fingerprint density at radius 1 is 1.58 bits per heavy atom. The molecule has 60 valence electrons. The summed E-state index contributed by atoms with van der Waals surface area (Å²) in [6, 6.07) is 4.23. The van der Waals surface area contributed by atoms with E-state index in [0.717, 1.165) is 0 Å². The topological polar surface area (TPSA) is 69.2 Å². The zero-order valence-electron chi connectivity index (χ0n) is 6.15. The smallest absolute Gasteiger partial charge is 0.286 e. The Bertz CT molecular complexity index is 366. The third-order valence-electron chi connectivity index (χ3n) is 1.37. The van der Waals surface area contributed by atoms with Crippen LogP contribution in [-0.4, -0.2) is 4.92 Å². The molecule has 4 heteroatoms. The summed E-state index contributed by atoms with van der Waals surface area (Å²) < 4.78 is 0. The van der Waals surface area contributed by atoms with Crippen molar-refractivity contribution in [2.24, 2.45) is 0 Å². The van der Waals surface area contributed by atoms with E-state index in [1.165, 1.54) is 18.2 Å². The van der Waals surface area contributed by atoms with Gasteiger partial charge in [-0.05, 0) is 12.1 Å². The van der Waals surface area contributed by atoms with Crippen LogP contribution in [0.5, 0.6) is 0 Å². The van der Waals surface area contributed by atoms with Gasteiger partial charge in [-0.2, -0.15) is 0 Å². The van der Waals surface area contributed by atoms with Crippen molar-refractivity contribution in [3.63, 3.8) is 0 Å². The molecule has 2 N–H and O–H groups in total. The number of hydrogen-bond acceptors (Lipinski definition) is 3. The summed E-state index contributed by atoms with van der Waals surface area (Å²) in [6.45, 7) is 0. The van der Waals surface area contributed by atoms with Gasteiger partial charge in [-0.25, -0.2) is 0 Å². The fourth-order valence-corrected chi connectivity index (χ4v) is 0.822. The maximum atomic E-state index is 10.4. The lowest BCUT2D eigenvalue weighted by Gasteiger charge is -1.96. The van der Waals surface area contributed by atoms with Crippen molar-refractivity contribution < 1.29 is 4.92 Å². The van der Waals surface area contributed by atoms with E-state index in [1.54, 1.807) is 0 Å². The van der Waals surface area contributed by atoms with Crippen LogP contribution in [0.1, 0.15) is 5.56 Å². The van der Waals surface area contributed by atoms with Crippen molar-refractivity contribution in [2.45, 2.75) is 0 Å². The van der Waals surface area contributed by atoms with Crippen molar-refractivity contribution in [3.05, 3.63) is 33.9 Å². The largest absolute Gasteiger partial charge is 0.399 e. The molecule has 1 aromatic rings. The fraction of sp³-hybridized carbons (Fsp3) is 0. The Morgan fingerprint density at radius 3 is 2.75 bits per heavy atom. The molecule has 0 spiro atoms. The number of nitro benzene ring substituents is 1. The summed E-state index contributed by atoms with van der Waals surface area (Å²) in [7, 11) is 0. The highest BCUT2D eigenvalue weighted by Crippen LogP contribution is 2.20. The first-order valence-corrected chi connectivity index (χ1v) is 3.15. The number of benzene rings is 1. The zero-order valence-corrected chi connectivity index (χ0v) is 6.15. The molecule has 4 nitrogen and oxygen atoms in total. The molecule has 0 saturated carbocycles. The highest BCUT2D eigenvalue weighted by atomic mass is 16.6. The molecule has 0 aliphatic heterocycles. The van der Waals surface area contributed by atoms with Gasteiger partial charge in [-0.1, -0.05) is 5.92 Å². The quantitative estimate of drug-likeness (QED) is 0.291. The molecule has 0 aliphatic carbocycles. The highest BCUT2D eigenvalue weighted by molar-refractivity contribution is 5.57. The predicted octanol–water partition coefficient (Wildman–Crippen LogP) is 1.16. The first-order valence-electron chi connectivity index (χ1n) is 3.15. The van der Waals surface area contributed by atoms with Crippen molar-refractivity contribution >= 4 is 11.4 Å². The first kappa shape index (κ1) is 8.08. The average molecular weight is 162 g/mol. The molecule has 0 heterocycles. The van der Waals surface area contributed by atoms with E-state index in [4.69, 9.17) is 12.2 Å². The summed E-state index contributed by atoms with van der Waals surface area (Å²) in [4.78, 5) is 9.84. The minimum absolute atomic E-state index is 0.127. The molecular formula is C8H6N2O2. The van der Waals surface area contributed by atoms with Gasteiger partial charge < -0.3 is 5.73 Å².